The summed E-state index contributed by atoms with van der Waals surface area (Å²) < 4.78 is 41.9. The van der Waals surface area contributed by atoms with Crippen LogP contribution in [0.1, 0.15) is 5.82 Å². The van der Waals surface area contributed by atoms with Crippen LogP contribution in [-0.4, -0.2) is 30.1 Å². The molecule has 3 aromatic heterocycles. The van der Waals surface area contributed by atoms with Crippen LogP contribution < -0.4 is 0 Å². The summed E-state index contributed by atoms with van der Waals surface area (Å²) in [6.07, 6.45) is 5.55. The largest absolute Gasteiger partial charge is 0.406 e. The molecular formula is C13H12F3N5. The van der Waals surface area contributed by atoms with Gasteiger partial charge in [0.05, 0.1) is 18.4 Å². The Morgan fingerprint density at radius 1 is 1.10 bits per heavy atom. The third kappa shape index (κ3) is 3.15. The molecule has 0 bridgehead atoms. The SMILES string of the molecule is FC(F)(F)Cn1ccnc1Cn1cc(-n2cccc2)cn1. The highest BCUT2D eigenvalue weighted by Gasteiger charge is 2.28. The van der Waals surface area contributed by atoms with Gasteiger partial charge >= 0.3 is 6.18 Å². The Bertz CT molecular complexity index is 708. The molecule has 0 amide bonds. The number of imidazole rings is 1. The maximum atomic E-state index is 12.5. The van der Waals surface area contributed by atoms with Gasteiger partial charge in [-0.15, -0.1) is 0 Å². The zero-order valence-electron chi connectivity index (χ0n) is 10.9. The monoisotopic (exact) mass is 295 g/mol. The highest BCUT2D eigenvalue weighted by atomic mass is 19.4. The number of nitrogens with zero attached hydrogens (tertiary/aromatic N) is 5. The van der Waals surface area contributed by atoms with Crippen LogP contribution in [0.4, 0.5) is 13.2 Å². The third-order valence-electron chi connectivity index (χ3n) is 2.98. The molecule has 21 heavy (non-hydrogen) atoms. The Hall–Kier alpha value is -2.51. The van der Waals surface area contributed by atoms with Crippen molar-refractivity contribution >= 4 is 0 Å². The van der Waals surface area contributed by atoms with Crippen LogP contribution >= 0.6 is 0 Å². The molecule has 0 N–H and O–H groups in total. The van der Waals surface area contributed by atoms with Gasteiger partial charge in [-0.3, -0.25) is 4.68 Å². The summed E-state index contributed by atoms with van der Waals surface area (Å²) in [5.74, 6) is 0.314. The number of rotatable bonds is 4. The van der Waals surface area contributed by atoms with Crippen molar-refractivity contribution in [2.75, 3.05) is 0 Å². The fraction of sp³-hybridized carbons (Fsp3) is 0.231. The summed E-state index contributed by atoms with van der Waals surface area (Å²) in [5, 5.41) is 4.15. The molecule has 0 aliphatic heterocycles. The molecule has 0 unspecified atom stereocenters. The van der Waals surface area contributed by atoms with Gasteiger partial charge in [-0.25, -0.2) is 4.98 Å². The topological polar surface area (TPSA) is 40.6 Å². The molecule has 0 aromatic carbocycles. The lowest BCUT2D eigenvalue weighted by molar-refractivity contribution is -0.141. The lowest BCUT2D eigenvalue weighted by atomic mass is 10.5. The van der Waals surface area contributed by atoms with E-state index >= 15 is 0 Å². The fourth-order valence-electron chi connectivity index (χ4n) is 2.05. The van der Waals surface area contributed by atoms with Crippen LogP contribution in [0.3, 0.4) is 0 Å². The number of hydrogen-bond donors (Lipinski definition) is 0. The first-order valence-electron chi connectivity index (χ1n) is 6.24. The van der Waals surface area contributed by atoms with E-state index in [9.17, 15) is 13.2 Å². The molecule has 0 saturated heterocycles. The lowest BCUT2D eigenvalue weighted by Gasteiger charge is -2.10. The molecule has 110 valence electrons. The molecule has 0 aliphatic rings. The molecule has 0 aliphatic carbocycles. The van der Waals surface area contributed by atoms with E-state index in [0.717, 1.165) is 10.3 Å². The molecule has 3 heterocycles. The zero-order chi connectivity index (χ0) is 14.9. The minimum absolute atomic E-state index is 0.185. The zero-order valence-corrected chi connectivity index (χ0v) is 10.9. The van der Waals surface area contributed by atoms with E-state index in [1.165, 1.54) is 12.4 Å². The first-order valence-corrected chi connectivity index (χ1v) is 6.24. The summed E-state index contributed by atoms with van der Waals surface area (Å²) in [7, 11) is 0. The highest BCUT2D eigenvalue weighted by Crippen LogP contribution is 2.18. The minimum atomic E-state index is -4.27. The second-order valence-corrected chi connectivity index (χ2v) is 4.57. The van der Waals surface area contributed by atoms with Crippen LogP contribution in [0.2, 0.25) is 0 Å². The van der Waals surface area contributed by atoms with Gasteiger partial charge in [0.15, 0.2) is 0 Å². The predicted octanol–water partition coefficient (Wildman–Crippen LogP) is 2.48. The maximum Gasteiger partial charge on any atom is 0.406 e. The van der Waals surface area contributed by atoms with Crippen LogP contribution in [0, 0.1) is 0 Å². The van der Waals surface area contributed by atoms with E-state index < -0.39 is 12.7 Å². The number of hydrogen-bond acceptors (Lipinski definition) is 2. The number of alkyl halides is 3. The maximum absolute atomic E-state index is 12.5. The van der Waals surface area contributed by atoms with Crippen molar-refractivity contribution in [2.45, 2.75) is 19.3 Å². The first-order chi connectivity index (χ1) is 10.0. The summed E-state index contributed by atoms with van der Waals surface area (Å²) in [4.78, 5) is 3.96. The molecule has 3 rings (SSSR count). The van der Waals surface area contributed by atoms with E-state index in [0.29, 0.717) is 5.82 Å². The molecular weight excluding hydrogens is 283 g/mol. The van der Waals surface area contributed by atoms with E-state index in [1.54, 1.807) is 17.1 Å². The molecule has 0 fully saturated rings. The van der Waals surface area contributed by atoms with Gasteiger partial charge in [-0.1, -0.05) is 0 Å². The lowest BCUT2D eigenvalue weighted by Crippen LogP contribution is -2.20. The van der Waals surface area contributed by atoms with Gasteiger partial charge in [0.2, 0.25) is 0 Å². The summed E-state index contributed by atoms with van der Waals surface area (Å²) >= 11 is 0. The average molecular weight is 295 g/mol. The van der Waals surface area contributed by atoms with Crippen molar-refractivity contribution in [2.24, 2.45) is 0 Å². The van der Waals surface area contributed by atoms with Crippen LogP contribution in [0.25, 0.3) is 5.69 Å². The molecule has 0 spiro atoms. The van der Waals surface area contributed by atoms with Crippen LogP contribution in [0.15, 0.2) is 49.3 Å². The van der Waals surface area contributed by atoms with Gasteiger partial charge in [0, 0.05) is 31.0 Å². The van der Waals surface area contributed by atoms with Crippen molar-refractivity contribution < 1.29 is 13.2 Å². The van der Waals surface area contributed by atoms with Gasteiger partial charge in [-0.2, -0.15) is 18.3 Å². The Balaban J connectivity index is 1.77. The van der Waals surface area contributed by atoms with Crippen LogP contribution in [0.5, 0.6) is 0 Å². The van der Waals surface area contributed by atoms with Gasteiger partial charge < -0.3 is 9.13 Å². The van der Waals surface area contributed by atoms with E-state index in [-0.39, 0.29) is 6.54 Å². The molecule has 0 saturated carbocycles. The van der Waals surface area contributed by atoms with E-state index in [2.05, 4.69) is 10.1 Å². The Labute approximate surface area is 118 Å². The van der Waals surface area contributed by atoms with Crippen molar-refractivity contribution in [3.8, 4) is 5.69 Å². The van der Waals surface area contributed by atoms with Crippen LogP contribution in [-0.2, 0) is 13.1 Å². The van der Waals surface area contributed by atoms with E-state index in [1.807, 2.05) is 29.1 Å². The highest BCUT2D eigenvalue weighted by molar-refractivity contribution is 5.26. The minimum Gasteiger partial charge on any atom is -0.324 e. The standard InChI is InChI=1S/C13H12F3N5/c14-13(15,16)10-20-6-3-17-12(20)9-21-8-11(7-18-21)19-4-1-2-5-19/h1-8H,9-10H2. The average Bonchev–Trinajstić information content (AvgIpc) is 3.10. The molecule has 5 nitrogen and oxygen atoms in total. The van der Waals surface area contributed by atoms with Crippen molar-refractivity contribution in [1.29, 1.82) is 0 Å². The first kappa shape index (κ1) is 13.5. The summed E-state index contributed by atoms with van der Waals surface area (Å²) in [5.41, 5.74) is 0.842. The molecule has 0 atom stereocenters. The second kappa shape index (κ2) is 5.12. The predicted molar refractivity (Wildman–Crippen MR) is 68.9 cm³/mol. The van der Waals surface area contributed by atoms with Crippen molar-refractivity contribution in [3.63, 3.8) is 0 Å². The van der Waals surface area contributed by atoms with Gasteiger partial charge in [0.25, 0.3) is 0 Å². The fourth-order valence-corrected chi connectivity index (χ4v) is 2.05. The van der Waals surface area contributed by atoms with Gasteiger partial charge in [-0.05, 0) is 12.1 Å². The number of aromatic nitrogens is 5. The smallest absolute Gasteiger partial charge is 0.324 e. The number of halogens is 3. The Kier molecular flexibility index (Phi) is 3.28. The molecule has 8 heteroatoms. The Morgan fingerprint density at radius 2 is 1.86 bits per heavy atom. The Morgan fingerprint density at radius 3 is 2.57 bits per heavy atom. The van der Waals surface area contributed by atoms with E-state index in [4.69, 9.17) is 0 Å². The summed E-state index contributed by atoms with van der Waals surface area (Å²) in [6.45, 7) is -0.863. The van der Waals surface area contributed by atoms with Crippen molar-refractivity contribution in [3.05, 3.63) is 55.1 Å². The molecule has 3 aromatic rings. The second-order valence-electron chi connectivity index (χ2n) is 4.57. The van der Waals surface area contributed by atoms with Gasteiger partial charge in [0.1, 0.15) is 12.4 Å². The molecule has 0 radical (unpaired) electrons. The quantitative estimate of drug-likeness (QED) is 0.742. The third-order valence-corrected chi connectivity index (χ3v) is 2.98. The van der Waals surface area contributed by atoms with Crippen molar-refractivity contribution in [1.82, 2.24) is 23.9 Å². The normalized spacial score (nSPS) is 12.0. The summed E-state index contributed by atoms with van der Waals surface area (Å²) in [6, 6.07) is 3.76.